The average Bonchev–Trinajstić information content (AvgIpc) is 3.15. The second-order valence-corrected chi connectivity index (χ2v) is 9.98. The average molecular weight is 473 g/mol. The highest BCUT2D eigenvalue weighted by Crippen LogP contribution is 2.31. The number of ether oxygens (including phenoxy) is 1. The van der Waals surface area contributed by atoms with Crippen molar-refractivity contribution >= 4 is 39.1 Å². The van der Waals surface area contributed by atoms with E-state index in [9.17, 15) is 13.2 Å². The van der Waals surface area contributed by atoms with Crippen LogP contribution in [0.3, 0.4) is 0 Å². The molecule has 0 unspecified atom stereocenters. The van der Waals surface area contributed by atoms with Crippen molar-refractivity contribution in [3.8, 4) is 0 Å². The lowest BCUT2D eigenvalue weighted by Gasteiger charge is -2.26. The number of sulfonamides is 1. The summed E-state index contributed by atoms with van der Waals surface area (Å²) in [5.41, 5.74) is 0.809. The molecular weight excluding hydrogens is 451 g/mol. The Kier molecular flexibility index (Phi) is 6.36. The molecule has 0 bridgehead atoms. The Labute approximate surface area is 185 Å². The van der Waals surface area contributed by atoms with E-state index in [4.69, 9.17) is 27.9 Å². The minimum atomic E-state index is -3.87. The van der Waals surface area contributed by atoms with Crippen molar-refractivity contribution < 1.29 is 17.9 Å². The Balaban J connectivity index is 1.54. The minimum Gasteiger partial charge on any atom is -0.379 e. The molecule has 2 aliphatic heterocycles. The first-order valence-electron chi connectivity index (χ1n) is 9.76. The molecule has 0 spiro atoms. The monoisotopic (exact) mass is 472 g/mol. The van der Waals surface area contributed by atoms with Crippen LogP contribution in [0.5, 0.6) is 0 Å². The lowest BCUT2D eigenvalue weighted by atomic mass is 10.2. The van der Waals surface area contributed by atoms with Gasteiger partial charge in [0.1, 0.15) is 10.7 Å². The fourth-order valence-corrected chi connectivity index (χ4v) is 5.89. The van der Waals surface area contributed by atoms with E-state index in [1.807, 2.05) is 6.20 Å². The van der Waals surface area contributed by atoms with Crippen molar-refractivity contribution in [3.05, 3.63) is 45.5 Å². The summed E-state index contributed by atoms with van der Waals surface area (Å²) in [6.07, 6.45) is 5.10. The number of imidazole rings is 1. The molecule has 30 heavy (non-hydrogen) atoms. The molecule has 0 atom stereocenters. The molecule has 0 radical (unpaired) electrons. The number of amides is 1. The van der Waals surface area contributed by atoms with E-state index in [2.05, 4.69) is 14.9 Å². The van der Waals surface area contributed by atoms with Gasteiger partial charge in [-0.2, -0.15) is 4.31 Å². The van der Waals surface area contributed by atoms with Crippen LogP contribution in [0.25, 0.3) is 0 Å². The highest BCUT2D eigenvalue weighted by Gasteiger charge is 2.30. The van der Waals surface area contributed by atoms with Crippen molar-refractivity contribution in [2.75, 3.05) is 26.3 Å². The van der Waals surface area contributed by atoms with Crippen LogP contribution in [-0.2, 0) is 34.3 Å². The SMILES string of the molecule is O=C(NCc1cn2c(n1)CCCC2)c1cc(S(=O)(=O)N2CCOCC2)c(Cl)cc1Cl. The molecule has 11 heteroatoms. The molecule has 1 saturated heterocycles. The number of morpholine rings is 1. The zero-order valence-corrected chi connectivity index (χ0v) is 18.6. The Morgan fingerprint density at radius 1 is 1.13 bits per heavy atom. The number of carbonyl (C=O) groups is 1. The standard InChI is InChI=1S/C19H22Cl2N4O4S/c20-15-10-16(21)17(30(27,28)25-5-7-29-8-6-25)9-14(15)19(26)22-11-13-12-24-4-2-1-3-18(24)23-13/h9-10,12H,1-8,11H2,(H,22,26). The van der Waals surface area contributed by atoms with Gasteiger partial charge in [-0.15, -0.1) is 0 Å². The van der Waals surface area contributed by atoms with Gasteiger partial charge in [-0.1, -0.05) is 23.2 Å². The lowest BCUT2D eigenvalue weighted by molar-refractivity contribution is 0.0730. The number of halogens is 2. The topological polar surface area (TPSA) is 93.5 Å². The van der Waals surface area contributed by atoms with Gasteiger partial charge in [-0.25, -0.2) is 13.4 Å². The van der Waals surface area contributed by atoms with Crippen molar-refractivity contribution in [1.82, 2.24) is 19.2 Å². The number of benzene rings is 1. The summed E-state index contributed by atoms with van der Waals surface area (Å²) in [5.74, 6) is 0.537. The molecule has 162 valence electrons. The van der Waals surface area contributed by atoms with Gasteiger partial charge in [-0.3, -0.25) is 4.79 Å². The number of aryl methyl sites for hydroxylation is 2. The maximum atomic E-state index is 13.0. The Morgan fingerprint density at radius 3 is 2.63 bits per heavy atom. The molecule has 1 aromatic heterocycles. The predicted octanol–water partition coefficient (Wildman–Crippen LogP) is 2.48. The molecule has 2 aliphatic rings. The summed E-state index contributed by atoms with van der Waals surface area (Å²) in [5, 5.41) is 2.83. The highest BCUT2D eigenvalue weighted by atomic mass is 35.5. The van der Waals surface area contributed by atoms with Gasteiger partial charge in [0.25, 0.3) is 5.91 Å². The van der Waals surface area contributed by atoms with E-state index < -0.39 is 15.9 Å². The zero-order chi connectivity index (χ0) is 21.3. The van der Waals surface area contributed by atoms with Crippen LogP contribution in [0.15, 0.2) is 23.2 Å². The van der Waals surface area contributed by atoms with E-state index in [0.29, 0.717) is 13.2 Å². The second-order valence-electron chi connectivity index (χ2n) is 7.26. The summed E-state index contributed by atoms with van der Waals surface area (Å²) in [6.45, 7) is 2.24. The first-order valence-corrected chi connectivity index (χ1v) is 12.0. The highest BCUT2D eigenvalue weighted by molar-refractivity contribution is 7.89. The normalized spacial score (nSPS) is 17.5. The van der Waals surface area contributed by atoms with Gasteiger partial charge in [0.2, 0.25) is 10.0 Å². The van der Waals surface area contributed by atoms with Crippen LogP contribution in [0.1, 0.15) is 34.7 Å². The largest absolute Gasteiger partial charge is 0.379 e. The Morgan fingerprint density at radius 2 is 1.90 bits per heavy atom. The summed E-state index contributed by atoms with van der Waals surface area (Å²) >= 11 is 12.4. The van der Waals surface area contributed by atoms with Crippen LogP contribution in [0.4, 0.5) is 0 Å². The van der Waals surface area contributed by atoms with Crippen LogP contribution < -0.4 is 5.32 Å². The second kappa shape index (κ2) is 8.84. The van der Waals surface area contributed by atoms with Crippen molar-refractivity contribution in [3.63, 3.8) is 0 Å². The van der Waals surface area contributed by atoms with E-state index in [1.54, 1.807) is 0 Å². The van der Waals surface area contributed by atoms with Gasteiger partial charge in [0.05, 0.1) is 41.1 Å². The maximum Gasteiger partial charge on any atom is 0.253 e. The summed E-state index contributed by atoms with van der Waals surface area (Å²) < 4.78 is 34.6. The zero-order valence-electron chi connectivity index (χ0n) is 16.2. The van der Waals surface area contributed by atoms with Gasteiger partial charge in [0.15, 0.2) is 0 Å². The summed E-state index contributed by atoms with van der Waals surface area (Å²) in [7, 11) is -3.87. The maximum absolute atomic E-state index is 13.0. The van der Waals surface area contributed by atoms with Gasteiger partial charge in [0, 0.05) is 32.3 Å². The van der Waals surface area contributed by atoms with Gasteiger partial charge >= 0.3 is 0 Å². The first-order chi connectivity index (χ1) is 14.4. The van der Waals surface area contributed by atoms with E-state index >= 15 is 0 Å². The number of aromatic nitrogens is 2. The third-order valence-corrected chi connectivity index (χ3v) is 7.92. The Bertz CT molecular complexity index is 1040. The van der Waals surface area contributed by atoms with Crippen LogP contribution in [0.2, 0.25) is 10.0 Å². The quantitative estimate of drug-likeness (QED) is 0.721. The molecule has 0 aliphatic carbocycles. The molecule has 2 aromatic rings. The molecule has 4 rings (SSSR count). The van der Waals surface area contributed by atoms with E-state index in [0.717, 1.165) is 37.3 Å². The number of nitrogens with one attached hydrogen (secondary N) is 1. The molecule has 1 amide bonds. The molecule has 1 N–H and O–H groups in total. The van der Waals surface area contributed by atoms with E-state index in [1.165, 1.54) is 16.4 Å². The molecular formula is C19H22Cl2N4O4S. The van der Waals surface area contributed by atoms with E-state index in [-0.39, 0.29) is 40.1 Å². The number of nitrogens with zero attached hydrogens (tertiary/aromatic N) is 3. The van der Waals surface area contributed by atoms with Crippen molar-refractivity contribution in [2.45, 2.75) is 37.2 Å². The summed E-state index contributed by atoms with van der Waals surface area (Å²) in [6, 6.07) is 2.53. The van der Waals surface area contributed by atoms with Crippen LogP contribution in [0, 0.1) is 0 Å². The lowest BCUT2D eigenvalue weighted by Crippen LogP contribution is -2.40. The molecule has 3 heterocycles. The molecule has 1 aromatic carbocycles. The third kappa shape index (κ3) is 4.36. The molecule has 0 saturated carbocycles. The number of hydrogen-bond donors (Lipinski definition) is 1. The van der Waals surface area contributed by atoms with Gasteiger partial charge in [-0.05, 0) is 25.0 Å². The molecule has 8 nitrogen and oxygen atoms in total. The number of carbonyl (C=O) groups excluding carboxylic acids is 1. The van der Waals surface area contributed by atoms with Crippen LogP contribution >= 0.6 is 23.2 Å². The number of fused-ring (bicyclic) bond motifs is 1. The number of rotatable bonds is 5. The fourth-order valence-electron chi connectivity index (χ4n) is 3.65. The Hall–Kier alpha value is -1.65. The number of hydrogen-bond acceptors (Lipinski definition) is 5. The molecule has 1 fully saturated rings. The minimum absolute atomic E-state index is 0.0233. The van der Waals surface area contributed by atoms with Gasteiger partial charge < -0.3 is 14.6 Å². The van der Waals surface area contributed by atoms with Crippen LogP contribution in [-0.4, -0.2) is 54.5 Å². The van der Waals surface area contributed by atoms with Crippen molar-refractivity contribution in [2.24, 2.45) is 0 Å². The third-order valence-electron chi connectivity index (χ3n) is 5.24. The first kappa shape index (κ1) is 21.6. The predicted molar refractivity (Wildman–Crippen MR) is 112 cm³/mol. The van der Waals surface area contributed by atoms with Crippen molar-refractivity contribution in [1.29, 1.82) is 0 Å². The fraction of sp³-hybridized carbons (Fsp3) is 0.474. The smallest absolute Gasteiger partial charge is 0.253 e. The summed E-state index contributed by atoms with van der Waals surface area (Å²) in [4.78, 5) is 17.2.